The van der Waals surface area contributed by atoms with E-state index < -0.39 is 0 Å². The van der Waals surface area contributed by atoms with Crippen molar-refractivity contribution in [3.8, 4) is 11.3 Å². The lowest BCUT2D eigenvalue weighted by Gasteiger charge is -2.46. The molecule has 5 rings (SSSR count). The lowest BCUT2D eigenvalue weighted by molar-refractivity contribution is 0.00860. The topological polar surface area (TPSA) is 52.2 Å². The Balaban J connectivity index is 1.73. The molecule has 1 atom stereocenters. The Morgan fingerprint density at radius 3 is 2.52 bits per heavy atom. The fourth-order valence-corrected chi connectivity index (χ4v) is 3.27. The fourth-order valence-electron chi connectivity index (χ4n) is 3.27. The van der Waals surface area contributed by atoms with Gasteiger partial charge in [-0.1, -0.05) is 30.3 Å². The molecule has 1 N–H and O–H groups in total. The maximum Gasteiger partial charge on any atom is 0.251 e. The van der Waals surface area contributed by atoms with E-state index in [1.807, 2.05) is 30.3 Å². The highest BCUT2D eigenvalue weighted by Crippen LogP contribution is 2.27. The van der Waals surface area contributed by atoms with E-state index in [9.17, 15) is 4.79 Å². The van der Waals surface area contributed by atoms with E-state index >= 15 is 0 Å². The summed E-state index contributed by atoms with van der Waals surface area (Å²) in [6.07, 6.45) is 0. The second kappa shape index (κ2) is 5.09. The zero-order valence-electron chi connectivity index (χ0n) is 11.8. The second-order valence-electron chi connectivity index (χ2n) is 5.73. The number of nitrogens with one attached hydrogen (secondary N) is 1. The molecule has 2 bridgehead atoms. The Kier molecular flexibility index (Phi) is 3.09. The first-order valence-electron chi connectivity index (χ1n) is 7.43. The summed E-state index contributed by atoms with van der Waals surface area (Å²) in [5.41, 5.74) is 1.67. The van der Waals surface area contributed by atoms with Gasteiger partial charge >= 0.3 is 0 Å². The Hall–Kier alpha value is -1.98. The fraction of sp³-hybridized carbons (Fsp3) is 0.375. The zero-order valence-corrected chi connectivity index (χ0v) is 11.8. The molecule has 4 heterocycles. The minimum absolute atomic E-state index is 0.0727. The van der Waals surface area contributed by atoms with Crippen LogP contribution >= 0.6 is 0 Å². The summed E-state index contributed by atoms with van der Waals surface area (Å²) in [6.45, 7) is 5.33. The molecule has 21 heavy (non-hydrogen) atoms. The first-order valence-corrected chi connectivity index (χ1v) is 7.43. The summed E-state index contributed by atoms with van der Waals surface area (Å²) in [5, 5.41) is 0. The van der Waals surface area contributed by atoms with Crippen molar-refractivity contribution in [2.75, 3.05) is 32.7 Å². The van der Waals surface area contributed by atoms with E-state index in [2.05, 4.69) is 14.8 Å². The van der Waals surface area contributed by atoms with Crippen LogP contribution in [0.25, 0.3) is 11.3 Å². The van der Waals surface area contributed by atoms with E-state index in [0.717, 1.165) is 49.8 Å². The van der Waals surface area contributed by atoms with Crippen molar-refractivity contribution in [3.05, 3.63) is 52.6 Å². The molecule has 0 spiro atoms. The van der Waals surface area contributed by atoms with Gasteiger partial charge in [0, 0.05) is 44.4 Å². The Morgan fingerprint density at radius 2 is 1.86 bits per heavy atom. The number of H-pyrrole nitrogens is 1. The number of nitrogens with zero attached hydrogens (tertiary/aromatic N) is 3. The van der Waals surface area contributed by atoms with Crippen molar-refractivity contribution in [2.24, 2.45) is 0 Å². The molecule has 5 heteroatoms. The third-order valence-electron chi connectivity index (χ3n) is 4.42. The van der Waals surface area contributed by atoms with Crippen LogP contribution in [0.15, 0.2) is 41.2 Å². The van der Waals surface area contributed by atoms with Gasteiger partial charge in [-0.3, -0.25) is 14.6 Å². The van der Waals surface area contributed by atoms with Gasteiger partial charge < -0.3 is 4.98 Å². The molecule has 0 amide bonds. The Morgan fingerprint density at radius 1 is 1.10 bits per heavy atom. The molecule has 5 nitrogen and oxygen atoms in total. The van der Waals surface area contributed by atoms with Gasteiger partial charge in [0.15, 0.2) is 0 Å². The van der Waals surface area contributed by atoms with E-state index in [-0.39, 0.29) is 11.6 Å². The van der Waals surface area contributed by atoms with Gasteiger partial charge in [-0.15, -0.1) is 0 Å². The summed E-state index contributed by atoms with van der Waals surface area (Å²) >= 11 is 0. The number of benzene rings is 1. The molecule has 108 valence electrons. The summed E-state index contributed by atoms with van der Waals surface area (Å²) in [4.78, 5) is 24.5. The molecule has 3 aliphatic heterocycles. The number of aromatic nitrogens is 2. The smallest absolute Gasteiger partial charge is 0.251 e. The molecule has 0 saturated carbocycles. The van der Waals surface area contributed by atoms with Crippen LogP contribution in [0.3, 0.4) is 0 Å². The van der Waals surface area contributed by atoms with Crippen LogP contribution in [0.5, 0.6) is 0 Å². The number of aromatic amines is 1. The molecule has 1 unspecified atom stereocenters. The van der Waals surface area contributed by atoms with E-state index in [1.54, 1.807) is 6.07 Å². The Bertz CT molecular complexity index is 689. The van der Waals surface area contributed by atoms with Crippen molar-refractivity contribution in [2.45, 2.75) is 6.04 Å². The second-order valence-corrected chi connectivity index (χ2v) is 5.73. The largest absolute Gasteiger partial charge is 0.309 e. The van der Waals surface area contributed by atoms with Crippen LogP contribution in [0.2, 0.25) is 0 Å². The van der Waals surface area contributed by atoms with Crippen molar-refractivity contribution in [1.29, 1.82) is 0 Å². The monoisotopic (exact) mass is 282 g/mol. The maximum atomic E-state index is 12.0. The number of fused-ring (bicyclic) bond motifs is 3. The average Bonchev–Trinajstić information content (AvgIpc) is 2.56. The van der Waals surface area contributed by atoms with Crippen LogP contribution in [0.4, 0.5) is 0 Å². The van der Waals surface area contributed by atoms with Gasteiger partial charge in [-0.25, -0.2) is 4.98 Å². The first-order chi connectivity index (χ1) is 10.3. The highest BCUT2D eigenvalue weighted by atomic mass is 16.1. The normalized spacial score (nSPS) is 27.7. The first kappa shape index (κ1) is 12.7. The maximum absolute atomic E-state index is 12.0. The van der Waals surface area contributed by atoms with Crippen LogP contribution < -0.4 is 5.56 Å². The predicted molar refractivity (Wildman–Crippen MR) is 81.0 cm³/mol. The molecule has 0 radical (unpaired) electrons. The van der Waals surface area contributed by atoms with Crippen LogP contribution in [0.1, 0.15) is 11.9 Å². The number of hydrogen-bond donors (Lipinski definition) is 1. The summed E-state index contributed by atoms with van der Waals surface area (Å²) in [6, 6.07) is 11.7. The number of piperazine rings is 3. The quantitative estimate of drug-likeness (QED) is 0.896. The molecule has 3 saturated heterocycles. The summed E-state index contributed by atoms with van der Waals surface area (Å²) in [7, 11) is 0. The highest BCUT2D eigenvalue weighted by Gasteiger charge is 2.34. The van der Waals surface area contributed by atoms with Crippen LogP contribution in [0, 0.1) is 0 Å². The minimum Gasteiger partial charge on any atom is -0.309 e. The zero-order chi connectivity index (χ0) is 14.2. The third-order valence-corrected chi connectivity index (χ3v) is 4.42. The minimum atomic E-state index is -0.0727. The molecule has 3 fully saturated rings. The molecular weight excluding hydrogens is 264 g/mol. The summed E-state index contributed by atoms with van der Waals surface area (Å²) in [5.74, 6) is 0.797. The molecule has 0 aliphatic carbocycles. The number of hydrogen-bond acceptors (Lipinski definition) is 4. The van der Waals surface area contributed by atoms with E-state index in [4.69, 9.17) is 4.98 Å². The van der Waals surface area contributed by atoms with Gasteiger partial charge in [0.25, 0.3) is 5.56 Å². The predicted octanol–water partition coefficient (Wildman–Crippen LogP) is 1.11. The lowest BCUT2D eigenvalue weighted by atomic mass is 10.1. The van der Waals surface area contributed by atoms with Crippen molar-refractivity contribution in [1.82, 2.24) is 19.8 Å². The van der Waals surface area contributed by atoms with Crippen molar-refractivity contribution in [3.63, 3.8) is 0 Å². The van der Waals surface area contributed by atoms with Crippen molar-refractivity contribution >= 4 is 0 Å². The molecule has 1 aromatic heterocycles. The van der Waals surface area contributed by atoms with Crippen molar-refractivity contribution < 1.29 is 0 Å². The van der Waals surface area contributed by atoms with E-state index in [1.165, 1.54) is 0 Å². The summed E-state index contributed by atoms with van der Waals surface area (Å²) < 4.78 is 0. The van der Waals surface area contributed by atoms with Gasteiger partial charge in [-0.2, -0.15) is 0 Å². The van der Waals surface area contributed by atoms with Gasteiger partial charge in [0.1, 0.15) is 5.82 Å². The molecule has 2 aromatic rings. The van der Waals surface area contributed by atoms with E-state index in [0.29, 0.717) is 0 Å². The molecular formula is C16H18N4O. The average molecular weight is 282 g/mol. The number of rotatable bonds is 2. The van der Waals surface area contributed by atoms with Crippen LogP contribution in [-0.2, 0) is 0 Å². The Labute approximate surface area is 123 Å². The standard InChI is InChI=1S/C16H18N4O/c21-15-10-13(12-4-2-1-3-5-12)17-16(18-15)14-11-19-6-8-20(14)9-7-19/h1-5,10,14H,6-9,11H2,(H,17,18,21). The SMILES string of the molecule is O=c1cc(-c2ccccc2)nc(C2CN3CCN2CC3)[nH]1. The lowest BCUT2D eigenvalue weighted by Crippen LogP contribution is -2.57. The van der Waals surface area contributed by atoms with Gasteiger partial charge in [0.05, 0.1) is 11.7 Å². The van der Waals surface area contributed by atoms with Gasteiger partial charge in [0.2, 0.25) is 0 Å². The molecule has 1 aromatic carbocycles. The van der Waals surface area contributed by atoms with Gasteiger partial charge in [-0.05, 0) is 0 Å². The highest BCUT2D eigenvalue weighted by molar-refractivity contribution is 5.58. The molecule has 3 aliphatic rings. The third kappa shape index (κ3) is 2.39. The van der Waals surface area contributed by atoms with Crippen LogP contribution in [-0.4, -0.2) is 52.5 Å².